The van der Waals surface area contributed by atoms with Gasteiger partial charge in [0.1, 0.15) is 17.3 Å². The quantitative estimate of drug-likeness (QED) is 0.747. The summed E-state index contributed by atoms with van der Waals surface area (Å²) in [6, 6.07) is 2.82. The highest BCUT2D eigenvalue weighted by Gasteiger charge is 2.34. The predicted octanol–water partition coefficient (Wildman–Crippen LogP) is 2.79. The molecule has 0 aliphatic heterocycles. The van der Waals surface area contributed by atoms with Crippen LogP contribution in [0.25, 0.3) is 0 Å². The summed E-state index contributed by atoms with van der Waals surface area (Å²) in [6.45, 7) is 4.54. The molecule has 1 fully saturated rings. The molecule has 1 aliphatic rings. The number of hydrogen-bond donors (Lipinski definition) is 1. The fourth-order valence-corrected chi connectivity index (χ4v) is 2.59. The molecule has 2 atom stereocenters. The number of hydrogen-bond acceptors (Lipinski definition) is 3. The molecule has 1 aromatic carbocycles. The van der Waals surface area contributed by atoms with Crippen LogP contribution in [-0.2, 0) is 11.3 Å². The van der Waals surface area contributed by atoms with E-state index >= 15 is 0 Å². The average Bonchev–Trinajstić information content (AvgIpc) is 3.09. The van der Waals surface area contributed by atoms with E-state index in [0.717, 1.165) is 6.42 Å². The fourth-order valence-electron chi connectivity index (χ4n) is 2.59. The summed E-state index contributed by atoms with van der Waals surface area (Å²) in [6.07, 6.45) is 1.15. The highest BCUT2D eigenvalue weighted by Crippen LogP contribution is 2.39. The van der Waals surface area contributed by atoms with E-state index < -0.39 is 11.6 Å². The first-order valence-electron chi connectivity index (χ1n) is 7.41. The van der Waals surface area contributed by atoms with Crippen molar-refractivity contribution in [3.05, 3.63) is 29.3 Å². The summed E-state index contributed by atoms with van der Waals surface area (Å²) in [5, 5.41) is 3.08. The van der Waals surface area contributed by atoms with Crippen LogP contribution < -0.4 is 10.2 Å². The van der Waals surface area contributed by atoms with Crippen molar-refractivity contribution in [1.29, 1.82) is 0 Å². The molecule has 5 heteroatoms. The Hall–Kier alpha value is -1.20. The minimum atomic E-state index is -0.491. The largest absolute Gasteiger partial charge is 0.383 e. The molecule has 1 aliphatic carbocycles. The molecule has 2 unspecified atom stereocenters. The molecule has 3 nitrogen and oxygen atoms in total. The average molecular weight is 298 g/mol. The second kappa shape index (κ2) is 7.18. The second-order valence-corrected chi connectivity index (χ2v) is 5.93. The molecular weight excluding hydrogens is 274 g/mol. The molecule has 0 aromatic heterocycles. The third-order valence-electron chi connectivity index (χ3n) is 4.06. The van der Waals surface area contributed by atoms with Crippen LogP contribution in [0.5, 0.6) is 0 Å². The third kappa shape index (κ3) is 4.38. The number of anilines is 1. The minimum Gasteiger partial charge on any atom is -0.383 e. The Morgan fingerprint density at radius 2 is 1.95 bits per heavy atom. The smallest absolute Gasteiger partial charge is 0.149 e. The molecule has 0 spiro atoms. The topological polar surface area (TPSA) is 24.5 Å². The molecule has 0 heterocycles. The van der Waals surface area contributed by atoms with E-state index in [4.69, 9.17) is 4.74 Å². The van der Waals surface area contributed by atoms with Gasteiger partial charge in [-0.05, 0) is 36.0 Å². The minimum absolute atomic E-state index is 0.0785. The summed E-state index contributed by atoms with van der Waals surface area (Å²) in [4.78, 5) is 1.70. The molecule has 0 radical (unpaired) electrons. The maximum absolute atomic E-state index is 14.2. The van der Waals surface area contributed by atoms with E-state index in [1.54, 1.807) is 19.1 Å². The van der Waals surface area contributed by atoms with Crippen molar-refractivity contribution >= 4 is 5.69 Å². The summed E-state index contributed by atoms with van der Waals surface area (Å²) in [7, 11) is 3.37. The SMILES string of the molecule is COCCNCc1cc(F)c(N(C)CC2CC2C)c(F)c1. The molecule has 0 bridgehead atoms. The van der Waals surface area contributed by atoms with Crippen LogP contribution in [0, 0.1) is 23.5 Å². The molecule has 1 saturated carbocycles. The van der Waals surface area contributed by atoms with Gasteiger partial charge in [-0.3, -0.25) is 0 Å². The summed E-state index contributed by atoms with van der Waals surface area (Å²) < 4.78 is 33.3. The number of nitrogens with zero attached hydrogens (tertiary/aromatic N) is 1. The van der Waals surface area contributed by atoms with Crippen molar-refractivity contribution in [3.63, 3.8) is 0 Å². The van der Waals surface area contributed by atoms with Gasteiger partial charge < -0.3 is 15.0 Å². The Balaban J connectivity index is 1.99. The fraction of sp³-hybridized carbons (Fsp3) is 0.625. The molecule has 0 amide bonds. The van der Waals surface area contributed by atoms with Crippen molar-refractivity contribution in [3.8, 4) is 0 Å². The van der Waals surface area contributed by atoms with Crippen LogP contribution in [-0.4, -0.2) is 33.9 Å². The first kappa shape index (κ1) is 16.2. The van der Waals surface area contributed by atoms with Crippen LogP contribution in [0.3, 0.4) is 0 Å². The Bertz CT molecular complexity index is 458. The third-order valence-corrected chi connectivity index (χ3v) is 4.06. The number of benzene rings is 1. The van der Waals surface area contributed by atoms with Gasteiger partial charge in [-0.15, -0.1) is 0 Å². The van der Waals surface area contributed by atoms with Gasteiger partial charge >= 0.3 is 0 Å². The van der Waals surface area contributed by atoms with E-state index in [2.05, 4.69) is 12.2 Å². The Morgan fingerprint density at radius 3 is 2.48 bits per heavy atom. The van der Waals surface area contributed by atoms with Crippen molar-refractivity contribution in [2.75, 3.05) is 38.8 Å². The zero-order valence-corrected chi connectivity index (χ0v) is 13.0. The van der Waals surface area contributed by atoms with E-state index in [0.29, 0.717) is 43.6 Å². The van der Waals surface area contributed by atoms with Crippen molar-refractivity contribution < 1.29 is 13.5 Å². The summed E-state index contributed by atoms with van der Waals surface area (Å²) in [5.41, 5.74) is 0.688. The normalized spacial score (nSPS) is 20.6. The van der Waals surface area contributed by atoms with Gasteiger partial charge in [0.15, 0.2) is 0 Å². The molecule has 118 valence electrons. The zero-order valence-electron chi connectivity index (χ0n) is 13.0. The molecule has 1 aromatic rings. The van der Waals surface area contributed by atoms with Gasteiger partial charge in [0, 0.05) is 33.8 Å². The van der Waals surface area contributed by atoms with E-state index in [1.165, 1.54) is 12.1 Å². The van der Waals surface area contributed by atoms with Crippen molar-refractivity contribution in [2.45, 2.75) is 19.9 Å². The van der Waals surface area contributed by atoms with Crippen LogP contribution >= 0.6 is 0 Å². The lowest BCUT2D eigenvalue weighted by molar-refractivity contribution is 0.199. The summed E-state index contributed by atoms with van der Waals surface area (Å²) in [5.74, 6) is 0.246. The molecule has 21 heavy (non-hydrogen) atoms. The van der Waals surface area contributed by atoms with Crippen LogP contribution in [0.4, 0.5) is 14.5 Å². The zero-order chi connectivity index (χ0) is 15.4. The van der Waals surface area contributed by atoms with Gasteiger partial charge in [-0.1, -0.05) is 6.92 Å². The summed E-state index contributed by atoms with van der Waals surface area (Å²) >= 11 is 0. The van der Waals surface area contributed by atoms with E-state index in [9.17, 15) is 8.78 Å². The lowest BCUT2D eigenvalue weighted by Gasteiger charge is -2.21. The van der Waals surface area contributed by atoms with Crippen LogP contribution in [0.2, 0.25) is 0 Å². The predicted molar refractivity (Wildman–Crippen MR) is 80.5 cm³/mol. The van der Waals surface area contributed by atoms with Crippen molar-refractivity contribution in [1.82, 2.24) is 5.32 Å². The van der Waals surface area contributed by atoms with E-state index in [1.807, 2.05) is 0 Å². The first-order chi connectivity index (χ1) is 10.0. The highest BCUT2D eigenvalue weighted by atomic mass is 19.1. The van der Waals surface area contributed by atoms with Crippen LogP contribution in [0.15, 0.2) is 12.1 Å². The Labute approximate surface area is 125 Å². The maximum Gasteiger partial charge on any atom is 0.149 e. The van der Waals surface area contributed by atoms with Gasteiger partial charge in [0.25, 0.3) is 0 Å². The molecular formula is C16H24F2N2O. The van der Waals surface area contributed by atoms with E-state index in [-0.39, 0.29) is 5.69 Å². The molecule has 2 rings (SSSR count). The van der Waals surface area contributed by atoms with Gasteiger partial charge in [-0.2, -0.15) is 0 Å². The monoisotopic (exact) mass is 298 g/mol. The standard InChI is InChI=1S/C16H24F2N2O/c1-11-6-13(11)10-20(2)16-14(17)7-12(8-15(16)18)9-19-4-5-21-3/h7-8,11,13,19H,4-6,9-10H2,1-3H3. The number of methoxy groups -OCH3 is 1. The maximum atomic E-state index is 14.2. The lowest BCUT2D eigenvalue weighted by Crippen LogP contribution is -2.23. The Kier molecular flexibility index (Phi) is 5.53. The number of ether oxygens (including phenoxy) is 1. The second-order valence-electron chi connectivity index (χ2n) is 5.93. The highest BCUT2D eigenvalue weighted by molar-refractivity contribution is 5.50. The van der Waals surface area contributed by atoms with Crippen molar-refractivity contribution in [2.24, 2.45) is 11.8 Å². The van der Waals surface area contributed by atoms with Crippen LogP contribution in [0.1, 0.15) is 18.9 Å². The first-order valence-corrected chi connectivity index (χ1v) is 7.41. The van der Waals surface area contributed by atoms with Gasteiger partial charge in [0.05, 0.1) is 6.61 Å². The van der Waals surface area contributed by atoms with Gasteiger partial charge in [-0.25, -0.2) is 8.78 Å². The molecule has 0 saturated heterocycles. The number of halogens is 2. The number of nitrogens with one attached hydrogen (secondary N) is 1. The lowest BCUT2D eigenvalue weighted by atomic mass is 10.1. The van der Waals surface area contributed by atoms with Gasteiger partial charge in [0.2, 0.25) is 0 Å². The Morgan fingerprint density at radius 1 is 1.33 bits per heavy atom. The molecule has 1 N–H and O–H groups in total. The number of rotatable bonds is 8.